The van der Waals surface area contributed by atoms with Crippen LogP contribution in [0.2, 0.25) is 0 Å². The molecule has 5 heteroatoms. The Hall–Kier alpha value is -0.490. The molecule has 0 saturated heterocycles. The van der Waals surface area contributed by atoms with Gasteiger partial charge in [-0.05, 0) is 41.0 Å². The summed E-state index contributed by atoms with van der Waals surface area (Å²) in [6, 6.07) is 4.00. The second kappa shape index (κ2) is 9.53. The highest BCUT2D eigenvalue weighted by Crippen LogP contribution is 2.06. The first-order valence-corrected chi connectivity index (χ1v) is 6.50. The number of nitrogens with zero attached hydrogens (tertiary/aromatic N) is 1. The van der Waals surface area contributed by atoms with Gasteiger partial charge >= 0.3 is 0 Å². The van der Waals surface area contributed by atoms with Crippen molar-refractivity contribution in [1.29, 1.82) is 0 Å². The van der Waals surface area contributed by atoms with Gasteiger partial charge in [-0.25, -0.2) is 0 Å². The van der Waals surface area contributed by atoms with E-state index >= 15 is 0 Å². The topological polar surface area (TPSA) is 43.4 Å². The summed E-state index contributed by atoms with van der Waals surface area (Å²) in [4.78, 5) is 4.28. The van der Waals surface area contributed by atoms with Gasteiger partial charge in [0, 0.05) is 30.9 Å². The van der Waals surface area contributed by atoms with Gasteiger partial charge in [-0.2, -0.15) is 0 Å². The first-order valence-electron chi connectivity index (χ1n) is 5.71. The minimum atomic E-state index is 0.663. The fourth-order valence-corrected chi connectivity index (χ4v) is 1.51. The molecule has 1 N–H and O–H groups in total. The molecule has 0 unspecified atom stereocenters. The van der Waals surface area contributed by atoms with E-state index < -0.39 is 0 Å². The molecule has 17 heavy (non-hydrogen) atoms. The summed E-state index contributed by atoms with van der Waals surface area (Å²) in [6.07, 6.45) is 2.81. The van der Waals surface area contributed by atoms with E-state index in [-0.39, 0.29) is 0 Å². The maximum Gasteiger partial charge on any atom is 0.0700 e. The van der Waals surface area contributed by atoms with Crippen LogP contribution >= 0.6 is 15.9 Å². The lowest BCUT2D eigenvalue weighted by Gasteiger charge is -2.05. The van der Waals surface area contributed by atoms with Gasteiger partial charge in [-0.15, -0.1) is 0 Å². The van der Waals surface area contributed by atoms with Crippen molar-refractivity contribution < 1.29 is 9.47 Å². The largest absolute Gasteiger partial charge is 0.382 e. The Morgan fingerprint density at radius 2 is 2.18 bits per heavy atom. The molecule has 0 saturated carbocycles. The van der Waals surface area contributed by atoms with Crippen LogP contribution < -0.4 is 5.32 Å². The summed E-state index contributed by atoms with van der Waals surface area (Å²) in [7, 11) is 1.68. The van der Waals surface area contributed by atoms with Gasteiger partial charge in [0.2, 0.25) is 0 Å². The Kier molecular flexibility index (Phi) is 8.17. The lowest BCUT2D eigenvalue weighted by molar-refractivity contribution is 0.0694. The number of rotatable bonds is 9. The zero-order chi connectivity index (χ0) is 12.3. The van der Waals surface area contributed by atoms with Crippen LogP contribution in [0.25, 0.3) is 0 Å². The van der Waals surface area contributed by atoms with E-state index in [1.165, 1.54) is 0 Å². The van der Waals surface area contributed by atoms with Crippen LogP contribution in [0.3, 0.4) is 0 Å². The average molecular weight is 303 g/mol. The monoisotopic (exact) mass is 302 g/mol. The molecule has 0 aliphatic rings. The fourth-order valence-electron chi connectivity index (χ4n) is 1.27. The number of aromatic nitrogens is 1. The Bertz CT molecular complexity index is 293. The molecule has 0 aliphatic heterocycles. The maximum atomic E-state index is 5.36. The molecule has 0 aromatic carbocycles. The van der Waals surface area contributed by atoms with Crippen LogP contribution in [0.15, 0.2) is 22.8 Å². The van der Waals surface area contributed by atoms with Crippen molar-refractivity contribution >= 4 is 15.9 Å². The van der Waals surface area contributed by atoms with Gasteiger partial charge in [0.15, 0.2) is 0 Å². The Morgan fingerprint density at radius 1 is 1.29 bits per heavy atom. The summed E-state index contributed by atoms with van der Waals surface area (Å²) in [5, 5.41) is 3.32. The quantitative estimate of drug-likeness (QED) is 0.709. The third kappa shape index (κ3) is 7.44. The second-order valence-electron chi connectivity index (χ2n) is 3.60. The molecule has 1 aromatic heterocycles. The molecule has 0 fully saturated rings. The highest BCUT2D eigenvalue weighted by atomic mass is 79.9. The molecule has 1 heterocycles. The van der Waals surface area contributed by atoms with Crippen LogP contribution in [0.4, 0.5) is 0 Å². The van der Waals surface area contributed by atoms with Crippen molar-refractivity contribution in [3.8, 4) is 0 Å². The van der Waals surface area contributed by atoms with Crippen molar-refractivity contribution in [2.75, 3.05) is 33.5 Å². The van der Waals surface area contributed by atoms with Crippen molar-refractivity contribution in [2.24, 2.45) is 0 Å². The molecule has 1 aromatic rings. The normalized spacial score (nSPS) is 10.7. The minimum Gasteiger partial charge on any atom is -0.382 e. The Labute approximate surface area is 111 Å². The molecule has 0 atom stereocenters. The molecule has 0 spiro atoms. The van der Waals surface area contributed by atoms with Crippen molar-refractivity contribution in [3.05, 3.63) is 28.5 Å². The number of ether oxygens (including phenoxy) is 2. The number of halogens is 1. The second-order valence-corrected chi connectivity index (χ2v) is 4.52. The standard InChI is InChI=1S/C12H19BrN2O2/c1-16-7-8-17-6-2-5-14-10-12-4-3-11(13)9-15-12/h3-4,9,14H,2,5-8,10H2,1H3. The number of hydrogen-bond acceptors (Lipinski definition) is 4. The van der Waals surface area contributed by atoms with Crippen molar-refractivity contribution in [3.63, 3.8) is 0 Å². The lowest BCUT2D eigenvalue weighted by Crippen LogP contribution is -2.17. The summed E-state index contributed by atoms with van der Waals surface area (Å²) >= 11 is 3.36. The van der Waals surface area contributed by atoms with Crippen LogP contribution in [0, 0.1) is 0 Å². The van der Waals surface area contributed by atoms with Gasteiger partial charge in [0.1, 0.15) is 0 Å². The number of methoxy groups -OCH3 is 1. The highest BCUT2D eigenvalue weighted by molar-refractivity contribution is 9.10. The fraction of sp³-hybridized carbons (Fsp3) is 0.583. The van der Waals surface area contributed by atoms with E-state index in [2.05, 4.69) is 26.2 Å². The van der Waals surface area contributed by atoms with E-state index in [9.17, 15) is 0 Å². The summed E-state index contributed by atoms with van der Waals surface area (Å²) < 4.78 is 11.2. The van der Waals surface area contributed by atoms with Gasteiger partial charge in [0.05, 0.1) is 18.9 Å². The minimum absolute atomic E-state index is 0.663. The van der Waals surface area contributed by atoms with Crippen LogP contribution in [0.5, 0.6) is 0 Å². The first kappa shape index (κ1) is 14.6. The van der Waals surface area contributed by atoms with Crippen molar-refractivity contribution in [1.82, 2.24) is 10.3 Å². The van der Waals surface area contributed by atoms with E-state index in [0.717, 1.165) is 36.3 Å². The highest BCUT2D eigenvalue weighted by Gasteiger charge is 1.94. The zero-order valence-electron chi connectivity index (χ0n) is 10.1. The first-order chi connectivity index (χ1) is 8.33. The van der Waals surface area contributed by atoms with Gasteiger partial charge in [-0.3, -0.25) is 4.98 Å². The summed E-state index contributed by atoms with van der Waals surface area (Å²) in [6.45, 7) is 3.83. The molecule has 96 valence electrons. The van der Waals surface area contributed by atoms with Gasteiger partial charge in [0.25, 0.3) is 0 Å². The van der Waals surface area contributed by atoms with E-state index in [0.29, 0.717) is 13.2 Å². The number of nitrogens with one attached hydrogen (secondary N) is 1. The van der Waals surface area contributed by atoms with Gasteiger partial charge < -0.3 is 14.8 Å². The number of pyridine rings is 1. The van der Waals surface area contributed by atoms with Crippen LogP contribution in [0.1, 0.15) is 12.1 Å². The summed E-state index contributed by atoms with van der Waals surface area (Å²) in [5.74, 6) is 0. The van der Waals surface area contributed by atoms with Crippen molar-refractivity contribution in [2.45, 2.75) is 13.0 Å². The van der Waals surface area contributed by atoms with E-state index in [1.54, 1.807) is 7.11 Å². The third-order valence-electron chi connectivity index (χ3n) is 2.17. The van der Waals surface area contributed by atoms with E-state index in [4.69, 9.17) is 9.47 Å². The van der Waals surface area contributed by atoms with E-state index in [1.807, 2.05) is 18.3 Å². The van der Waals surface area contributed by atoms with Crippen LogP contribution in [-0.2, 0) is 16.0 Å². The molecule has 0 aliphatic carbocycles. The molecule has 0 amide bonds. The van der Waals surface area contributed by atoms with Crippen LogP contribution in [-0.4, -0.2) is 38.5 Å². The predicted molar refractivity (Wildman–Crippen MR) is 71.0 cm³/mol. The molecule has 0 radical (unpaired) electrons. The average Bonchev–Trinajstić information content (AvgIpc) is 2.35. The summed E-state index contributed by atoms with van der Waals surface area (Å²) in [5.41, 5.74) is 1.05. The molecule has 1 rings (SSSR count). The van der Waals surface area contributed by atoms with Gasteiger partial charge in [-0.1, -0.05) is 0 Å². The number of hydrogen-bond donors (Lipinski definition) is 1. The Balaban J connectivity index is 1.95. The smallest absolute Gasteiger partial charge is 0.0700 e. The molecule has 0 bridgehead atoms. The SMILES string of the molecule is COCCOCCCNCc1ccc(Br)cn1. The third-order valence-corrected chi connectivity index (χ3v) is 2.64. The zero-order valence-corrected chi connectivity index (χ0v) is 11.7. The predicted octanol–water partition coefficient (Wildman–Crippen LogP) is 1.99. The molecular weight excluding hydrogens is 284 g/mol. The molecule has 4 nitrogen and oxygen atoms in total. The maximum absolute atomic E-state index is 5.36. The Morgan fingerprint density at radius 3 is 2.88 bits per heavy atom. The molecular formula is C12H19BrN2O2. The lowest BCUT2D eigenvalue weighted by atomic mass is 10.3.